The smallest absolute Gasteiger partial charge is 0.472 e. The van der Waals surface area contributed by atoms with Gasteiger partial charge in [0.2, 0.25) is 0 Å². The first kappa shape index (κ1) is 36.3. The monoisotopic (exact) mass is 719 g/mol. The average molecular weight is 720 g/mol. The molecule has 50 heavy (non-hydrogen) atoms. The molecule has 10 nitrogen and oxygen atoms in total. The number of phosphoric ester groups is 1. The molecule has 2 radical (unpaired) electrons. The highest BCUT2D eigenvalue weighted by atomic mass is 32.2. The third-order valence-electron chi connectivity index (χ3n) is 9.33. The van der Waals surface area contributed by atoms with Crippen LogP contribution in [0.3, 0.4) is 0 Å². The van der Waals surface area contributed by atoms with Crippen molar-refractivity contribution in [3.63, 3.8) is 0 Å². The molecule has 3 heterocycles. The maximum Gasteiger partial charge on any atom is 0.472 e. The van der Waals surface area contributed by atoms with Gasteiger partial charge in [0, 0.05) is 23.4 Å². The van der Waals surface area contributed by atoms with E-state index in [4.69, 9.17) is 26.4 Å². The van der Waals surface area contributed by atoms with Gasteiger partial charge in [-0.25, -0.2) is 13.8 Å². The van der Waals surface area contributed by atoms with Crippen LogP contribution in [0.2, 0.25) is 0 Å². The molecule has 14 heteroatoms. The van der Waals surface area contributed by atoms with Gasteiger partial charge in [0.15, 0.2) is 0 Å². The quantitative estimate of drug-likeness (QED) is 0.0908. The number of alkyl halides is 1. The number of rotatable bonds is 13. The fourth-order valence-electron chi connectivity index (χ4n) is 6.64. The molecule has 1 unspecified atom stereocenters. The Bertz CT molecular complexity index is 1800. The molecular formula is C36H40BFN3O7PS. The second-order valence-corrected chi connectivity index (χ2v) is 15.2. The summed E-state index contributed by atoms with van der Waals surface area (Å²) in [6, 6.07) is 28.5. The predicted octanol–water partition coefficient (Wildman–Crippen LogP) is 6.44. The number of hydrogen-bond acceptors (Lipinski definition) is 9. The first-order valence-corrected chi connectivity index (χ1v) is 19.0. The normalized spacial score (nSPS) is 26.4. The van der Waals surface area contributed by atoms with Crippen LogP contribution in [-0.4, -0.2) is 65.6 Å². The van der Waals surface area contributed by atoms with Crippen LogP contribution in [0.5, 0.6) is 5.75 Å². The number of ether oxygens (including phenoxy) is 2. The van der Waals surface area contributed by atoms with Crippen LogP contribution in [0, 0.1) is 5.92 Å². The molecule has 2 saturated heterocycles. The van der Waals surface area contributed by atoms with E-state index >= 15 is 4.39 Å². The second-order valence-electron chi connectivity index (χ2n) is 12.5. The Labute approximate surface area is 296 Å². The SMILES string of the molecule is [B][C@H]1C[C@H](OP(=O)(O)OC[C@H]2S[C@@H](n3ccc(NC(c4ccccc4)(c4ccccc4)c4ccc(OC)cc4)nc3=O)[C@@H](F)[C@@H]2C)[C@@H](CC)O1. The number of thioether (sulfide) groups is 1. The lowest BCUT2D eigenvalue weighted by atomic mass is 9.77. The van der Waals surface area contributed by atoms with Gasteiger partial charge in [0.05, 0.1) is 25.9 Å². The summed E-state index contributed by atoms with van der Waals surface area (Å²) in [7, 11) is 2.94. The average Bonchev–Trinajstić information content (AvgIpc) is 3.62. The number of phosphoric acid groups is 1. The molecule has 3 aromatic carbocycles. The second kappa shape index (κ2) is 15.4. The zero-order valence-electron chi connectivity index (χ0n) is 28.0. The first-order valence-electron chi connectivity index (χ1n) is 16.5. The van der Waals surface area contributed by atoms with Crippen molar-refractivity contribution in [3.8, 4) is 5.75 Å². The molecule has 2 aliphatic heterocycles. The molecule has 1 aromatic heterocycles. The van der Waals surface area contributed by atoms with Crippen molar-refractivity contribution in [2.45, 2.75) is 67.2 Å². The lowest BCUT2D eigenvalue weighted by Gasteiger charge is -2.37. The van der Waals surface area contributed by atoms with E-state index in [0.29, 0.717) is 18.0 Å². The molecule has 2 N–H and O–H groups in total. The molecule has 6 rings (SSSR count). The van der Waals surface area contributed by atoms with E-state index in [1.807, 2.05) is 91.9 Å². The van der Waals surface area contributed by atoms with Crippen LogP contribution in [0.25, 0.3) is 0 Å². The van der Waals surface area contributed by atoms with E-state index in [-0.39, 0.29) is 13.0 Å². The van der Waals surface area contributed by atoms with Gasteiger partial charge in [-0.1, -0.05) is 86.6 Å². The molecule has 0 aliphatic carbocycles. The maximum absolute atomic E-state index is 15.8. The number of methoxy groups -OCH3 is 1. The Morgan fingerprint density at radius 2 is 1.68 bits per heavy atom. The third-order valence-corrected chi connectivity index (χ3v) is 12.0. The third kappa shape index (κ3) is 7.59. The zero-order chi connectivity index (χ0) is 35.5. The molecule has 262 valence electrons. The van der Waals surface area contributed by atoms with Crippen LogP contribution in [0.1, 0.15) is 48.8 Å². The van der Waals surface area contributed by atoms with Crippen LogP contribution < -0.4 is 15.7 Å². The van der Waals surface area contributed by atoms with E-state index in [2.05, 4.69) is 10.3 Å². The summed E-state index contributed by atoms with van der Waals surface area (Å²) in [6.45, 7) is 3.29. The summed E-state index contributed by atoms with van der Waals surface area (Å²) in [5.41, 5.74) is 1.09. The number of nitrogens with one attached hydrogen (secondary N) is 1. The Hall–Kier alpha value is -3.45. The summed E-state index contributed by atoms with van der Waals surface area (Å²) in [5, 5.41) is 2.11. The Kier molecular flexibility index (Phi) is 11.2. The molecular weight excluding hydrogens is 679 g/mol. The van der Waals surface area contributed by atoms with E-state index in [9.17, 15) is 14.3 Å². The number of benzene rings is 3. The minimum atomic E-state index is -4.49. The molecule has 2 fully saturated rings. The number of nitrogens with zero attached hydrogens (tertiary/aromatic N) is 2. The molecule has 4 aromatic rings. The lowest BCUT2D eigenvalue weighted by molar-refractivity contribution is 0.0219. The van der Waals surface area contributed by atoms with Crippen molar-refractivity contribution in [2.24, 2.45) is 5.92 Å². The fourth-order valence-corrected chi connectivity index (χ4v) is 9.31. The number of anilines is 1. The molecule has 0 spiro atoms. The Morgan fingerprint density at radius 3 is 2.26 bits per heavy atom. The topological polar surface area (TPSA) is 121 Å². The lowest BCUT2D eigenvalue weighted by Crippen LogP contribution is -2.39. The largest absolute Gasteiger partial charge is 0.497 e. The van der Waals surface area contributed by atoms with Crippen LogP contribution in [0.4, 0.5) is 10.2 Å². The highest BCUT2D eigenvalue weighted by Crippen LogP contribution is 2.52. The number of halogens is 1. The van der Waals surface area contributed by atoms with Crippen molar-refractivity contribution < 1.29 is 32.4 Å². The molecule has 8 atom stereocenters. The van der Waals surface area contributed by atoms with Crippen molar-refractivity contribution in [1.29, 1.82) is 0 Å². The number of hydrogen-bond donors (Lipinski definition) is 2. The van der Waals surface area contributed by atoms with Gasteiger partial charge in [-0.05, 0) is 47.7 Å². The van der Waals surface area contributed by atoms with Gasteiger partial charge < -0.3 is 19.7 Å². The van der Waals surface area contributed by atoms with Crippen LogP contribution >= 0.6 is 19.6 Å². The van der Waals surface area contributed by atoms with Crippen molar-refractivity contribution >= 4 is 33.2 Å². The number of aromatic nitrogens is 2. The van der Waals surface area contributed by atoms with Crippen LogP contribution in [0.15, 0.2) is 102 Å². The van der Waals surface area contributed by atoms with Crippen molar-refractivity contribution in [3.05, 3.63) is 124 Å². The minimum absolute atomic E-state index is 0.257. The summed E-state index contributed by atoms with van der Waals surface area (Å²) >= 11 is 1.15. The maximum atomic E-state index is 15.8. The standard InChI is InChI=1S/C36H40BFN3O7PS/c1-4-28-29(21-31(37)47-28)48-49(43,44)46-22-30-23(2)33(38)34(50-30)41-20-19-32(39-35(41)42)40-36(24-11-7-5-8-12-24,25-13-9-6-10-14-25)26-15-17-27(45-3)18-16-26/h5-20,23,28-31,33-34H,4,21-22H2,1-3H3,(H,43,44)(H,39,40,42)/t23-,28-,29+,30-,31-,33+,34-/m1/s1. The van der Waals surface area contributed by atoms with E-state index in [1.54, 1.807) is 20.1 Å². The summed E-state index contributed by atoms with van der Waals surface area (Å²) in [4.78, 5) is 28.5. The molecule has 2 aliphatic rings. The van der Waals surface area contributed by atoms with Crippen LogP contribution in [-0.2, 0) is 23.9 Å². The zero-order valence-corrected chi connectivity index (χ0v) is 29.7. The fraction of sp³-hybridized carbons (Fsp3) is 0.389. The highest BCUT2D eigenvalue weighted by Gasteiger charge is 2.45. The molecule has 0 saturated carbocycles. The van der Waals surface area contributed by atoms with E-state index < -0.39 is 60.0 Å². The van der Waals surface area contributed by atoms with Crippen molar-refractivity contribution in [1.82, 2.24) is 9.55 Å². The summed E-state index contributed by atoms with van der Waals surface area (Å²) in [5.74, 6) is 0.394. The predicted molar refractivity (Wildman–Crippen MR) is 192 cm³/mol. The summed E-state index contributed by atoms with van der Waals surface area (Å²) < 4.78 is 51.5. The van der Waals surface area contributed by atoms with E-state index in [0.717, 1.165) is 28.5 Å². The Morgan fingerprint density at radius 1 is 1.06 bits per heavy atom. The molecule has 0 amide bonds. The van der Waals surface area contributed by atoms with E-state index in [1.165, 1.54) is 10.8 Å². The van der Waals surface area contributed by atoms with Gasteiger partial charge >= 0.3 is 13.5 Å². The first-order chi connectivity index (χ1) is 24.0. The van der Waals surface area contributed by atoms with Gasteiger partial charge in [-0.2, -0.15) is 4.98 Å². The molecule has 0 bridgehead atoms. The van der Waals surface area contributed by atoms with Gasteiger partial charge in [0.25, 0.3) is 0 Å². The Balaban J connectivity index is 1.24. The van der Waals surface area contributed by atoms with Crippen molar-refractivity contribution in [2.75, 3.05) is 19.0 Å². The minimum Gasteiger partial charge on any atom is -0.497 e. The highest BCUT2D eigenvalue weighted by molar-refractivity contribution is 8.00. The van der Waals surface area contributed by atoms with Gasteiger partial charge in [-0.15, -0.1) is 11.8 Å². The van der Waals surface area contributed by atoms with Gasteiger partial charge in [-0.3, -0.25) is 13.6 Å². The van der Waals surface area contributed by atoms with Gasteiger partial charge in [0.1, 0.15) is 36.5 Å². The summed E-state index contributed by atoms with van der Waals surface area (Å²) in [6.07, 6.45) is -0.229.